The summed E-state index contributed by atoms with van der Waals surface area (Å²) >= 11 is 0. The van der Waals surface area contributed by atoms with Crippen molar-refractivity contribution in [2.75, 3.05) is 20.2 Å². The average Bonchev–Trinajstić information content (AvgIpc) is 2.78. The van der Waals surface area contributed by atoms with Crippen molar-refractivity contribution in [2.24, 2.45) is 11.8 Å². The number of piperidine rings is 1. The monoisotopic (exact) mass is 437 g/mol. The van der Waals surface area contributed by atoms with Crippen molar-refractivity contribution in [3.05, 3.63) is 59.2 Å². The molecule has 0 amide bonds. The van der Waals surface area contributed by atoms with E-state index in [4.69, 9.17) is 14.2 Å². The zero-order valence-electron chi connectivity index (χ0n) is 18.9. The van der Waals surface area contributed by atoms with E-state index in [1.54, 1.807) is 19.2 Å². The Hall–Kier alpha value is -2.57. The van der Waals surface area contributed by atoms with Gasteiger partial charge in [0.05, 0.1) is 24.9 Å². The van der Waals surface area contributed by atoms with Crippen LogP contribution in [0.1, 0.15) is 54.3 Å². The number of hydrogen-bond acceptors (Lipinski definition) is 5. The molecule has 2 aromatic carbocycles. The van der Waals surface area contributed by atoms with Crippen molar-refractivity contribution in [3.8, 4) is 11.5 Å². The lowest BCUT2D eigenvalue weighted by molar-refractivity contribution is -0.188. The molecule has 32 heavy (non-hydrogen) atoms. The van der Waals surface area contributed by atoms with Crippen LogP contribution in [0.25, 0.3) is 0 Å². The van der Waals surface area contributed by atoms with Crippen LogP contribution < -0.4 is 9.47 Å². The third kappa shape index (κ3) is 3.65. The van der Waals surface area contributed by atoms with Gasteiger partial charge in [0.2, 0.25) is 0 Å². The van der Waals surface area contributed by atoms with Gasteiger partial charge in [-0.2, -0.15) is 0 Å². The molecule has 6 heteroatoms. The molecule has 3 aliphatic heterocycles. The number of rotatable bonds is 4. The maximum atomic E-state index is 11.6. The number of carboxylic acids is 1. The lowest BCUT2D eigenvalue weighted by Crippen LogP contribution is -2.55. The molecular weight excluding hydrogens is 406 g/mol. The van der Waals surface area contributed by atoms with E-state index in [1.807, 2.05) is 24.3 Å². The normalized spacial score (nSPS) is 28.6. The van der Waals surface area contributed by atoms with Gasteiger partial charge >= 0.3 is 5.97 Å². The Bertz CT molecular complexity index is 1020. The van der Waals surface area contributed by atoms with Crippen molar-refractivity contribution in [3.63, 3.8) is 0 Å². The highest BCUT2D eigenvalue weighted by molar-refractivity contribution is 5.89. The fraction of sp³-hybridized carbons (Fsp3) is 0.500. The van der Waals surface area contributed by atoms with E-state index in [9.17, 15) is 9.90 Å². The number of para-hydroxylation sites is 1. The van der Waals surface area contributed by atoms with Gasteiger partial charge in [-0.25, -0.2) is 4.79 Å². The topological polar surface area (TPSA) is 68.2 Å². The first kappa shape index (κ1) is 21.3. The zero-order chi connectivity index (χ0) is 22.5. The molecule has 0 aliphatic carbocycles. The minimum atomic E-state index is -0.866. The van der Waals surface area contributed by atoms with Gasteiger partial charge in [-0.3, -0.25) is 4.90 Å². The molecule has 6 nitrogen and oxygen atoms in total. The maximum absolute atomic E-state index is 11.6. The SMILES string of the molecule is COc1cccc2c1OC(C)(C)[C@@H]1C[C@H]3CN(Cc4ccccc4C(=O)O)CC[C@H]3O[C@@H]21. The number of ether oxygens (including phenoxy) is 3. The molecule has 2 saturated heterocycles. The van der Waals surface area contributed by atoms with Gasteiger partial charge < -0.3 is 19.3 Å². The predicted octanol–water partition coefficient (Wildman–Crippen LogP) is 4.53. The summed E-state index contributed by atoms with van der Waals surface area (Å²) in [7, 11) is 1.67. The lowest BCUT2D eigenvalue weighted by atomic mass is 9.70. The van der Waals surface area contributed by atoms with Crippen LogP contribution in [0.3, 0.4) is 0 Å². The van der Waals surface area contributed by atoms with Gasteiger partial charge in [0.1, 0.15) is 5.60 Å². The second-order valence-corrected chi connectivity index (χ2v) is 9.77. The smallest absolute Gasteiger partial charge is 0.336 e. The molecule has 3 heterocycles. The second kappa shape index (κ2) is 8.09. The molecule has 5 rings (SSSR count). The number of benzene rings is 2. The largest absolute Gasteiger partial charge is 0.493 e. The van der Waals surface area contributed by atoms with Crippen LogP contribution in [0.15, 0.2) is 42.5 Å². The Labute approximate surface area is 189 Å². The Morgan fingerprint density at radius 2 is 2.03 bits per heavy atom. The van der Waals surface area contributed by atoms with Crippen molar-refractivity contribution in [1.82, 2.24) is 4.90 Å². The Balaban J connectivity index is 1.36. The van der Waals surface area contributed by atoms with Crippen molar-refractivity contribution < 1.29 is 24.1 Å². The second-order valence-electron chi connectivity index (χ2n) is 9.77. The third-order valence-corrected chi connectivity index (χ3v) is 7.43. The fourth-order valence-corrected chi connectivity index (χ4v) is 5.78. The molecule has 3 aliphatic rings. The van der Waals surface area contributed by atoms with Gasteiger partial charge in [-0.05, 0) is 50.3 Å². The van der Waals surface area contributed by atoms with E-state index in [-0.39, 0.29) is 23.7 Å². The number of carboxylic acid groups (broad SMARTS) is 1. The summed E-state index contributed by atoms with van der Waals surface area (Å²) in [4.78, 5) is 14.0. The summed E-state index contributed by atoms with van der Waals surface area (Å²) in [5, 5.41) is 9.53. The minimum absolute atomic E-state index is 0.00406. The number of nitrogens with zero attached hydrogens (tertiary/aromatic N) is 1. The highest BCUT2D eigenvalue weighted by Gasteiger charge is 2.51. The molecule has 0 saturated carbocycles. The first-order valence-electron chi connectivity index (χ1n) is 11.4. The molecule has 170 valence electrons. The molecule has 1 N–H and O–H groups in total. The summed E-state index contributed by atoms with van der Waals surface area (Å²) < 4.78 is 18.8. The minimum Gasteiger partial charge on any atom is -0.493 e. The molecule has 2 fully saturated rings. The molecule has 0 bridgehead atoms. The molecule has 0 unspecified atom stereocenters. The van der Waals surface area contributed by atoms with E-state index in [0.29, 0.717) is 18.0 Å². The maximum Gasteiger partial charge on any atom is 0.336 e. The van der Waals surface area contributed by atoms with Crippen molar-refractivity contribution in [1.29, 1.82) is 0 Å². The van der Waals surface area contributed by atoms with E-state index < -0.39 is 5.97 Å². The van der Waals surface area contributed by atoms with E-state index >= 15 is 0 Å². The van der Waals surface area contributed by atoms with E-state index in [0.717, 1.165) is 48.6 Å². The van der Waals surface area contributed by atoms with Crippen molar-refractivity contribution in [2.45, 2.75) is 51.0 Å². The Kier molecular flexibility index (Phi) is 5.38. The van der Waals surface area contributed by atoms with Crippen LogP contribution >= 0.6 is 0 Å². The molecule has 4 atom stereocenters. The number of hydrogen-bond donors (Lipinski definition) is 1. The summed E-state index contributed by atoms with van der Waals surface area (Å²) in [5.74, 6) is 1.34. The van der Waals surface area contributed by atoms with Gasteiger partial charge in [-0.1, -0.05) is 30.3 Å². The lowest BCUT2D eigenvalue weighted by Gasteiger charge is -2.53. The fourth-order valence-electron chi connectivity index (χ4n) is 5.78. The highest BCUT2D eigenvalue weighted by Crippen LogP contribution is 2.55. The summed E-state index contributed by atoms with van der Waals surface area (Å²) in [6.07, 6.45) is 2.18. The van der Waals surface area contributed by atoms with Gasteiger partial charge in [0.15, 0.2) is 11.5 Å². The van der Waals surface area contributed by atoms with Crippen LogP contribution in [-0.2, 0) is 11.3 Å². The van der Waals surface area contributed by atoms with E-state index in [2.05, 4.69) is 24.8 Å². The first-order chi connectivity index (χ1) is 15.4. The predicted molar refractivity (Wildman–Crippen MR) is 120 cm³/mol. The Morgan fingerprint density at radius 3 is 2.81 bits per heavy atom. The Morgan fingerprint density at radius 1 is 1.22 bits per heavy atom. The number of likely N-dealkylation sites (tertiary alicyclic amines) is 1. The highest BCUT2D eigenvalue weighted by atomic mass is 16.5. The average molecular weight is 438 g/mol. The van der Waals surface area contributed by atoms with Gasteiger partial charge in [-0.15, -0.1) is 0 Å². The molecule has 0 aromatic heterocycles. The number of carbonyl (C=O) groups is 1. The molecule has 0 radical (unpaired) electrons. The standard InChI is InChI=1S/C26H31NO5/c1-26(2)20-13-17-15-27(14-16-7-4-5-8-18(16)25(28)29)12-11-21(17)31-23(20)19-9-6-10-22(30-3)24(19)32-26/h4-10,17,20-21,23H,11-15H2,1-3H3,(H,28,29)/t17-,20+,21+,23-/m0/s1. The van der Waals surface area contributed by atoms with Gasteiger partial charge in [0.25, 0.3) is 0 Å². The van der Waals surface area contributed by atoms with Crippen LogP contribution in [0.2, 0.25) is 0 Å². The van der Waals surface area contributed by atoms with Crippen LogP contribution in [0.4, 0.5) is 0 Å². The number of methoxy groups -OCH3 is 1. The number of fused-ring (bicyclic) bond motifs is 4. The number of aromatic carboxylic acids is 1. The summed E-state index contributed by atoms with van der Waals surface area (Å²) in [6.45, 7) is 6.75. The van der Waals surface area contributed by atoms with Crippen LogP contribution in [0, 0.1) is 11.8 Å². The van der Waals surface area contributed by atoms with Crippen molar-refractivity contribution >= 4 is 5.97 Å². The third-order valence-electron chi connectivity index (χ3n) is 7.43. The summed E-state index contributed by atoms with van der Waals surface area (Å²) in [5.41, 5.74) is 1.98. The molecule has 0 spiro atoms. The van der Waals surface area contributed by atoms with Crippen LogP contribution in [-0.4, -0.2) is 47.9 Å². The first-order valence-corrected chi connectivity index (χ1v) is 11.4. The zero-order valence-corrected chi connectivity index (χ0v) is 18.9. The molecular formula is C26H31NO5. The summed E-state index contributed by atoms with van der Waals surface area (Å²) in [6, 6.07) is 13.4. The van der Waals surface area contributed by atoms with Crippen LogP contribution in [0.5, 0.6) is 11.5 Å². The van der Waals surface area contributed by atoms with E-state index in [1.165, 1.54) is 0 Å². The van der Waals surface area contributed by atoms with Gasteiger partial charge in [0, 0.05) is 31.1 Å². The molecule has 2 aromatic rings. The quantitative estimate of drug-likeness (QED) is 0.758.